The largest absolute Gasteiger partial charge is 0.396 e. The minimum Gasteiger partial charge on any atom is -0.396 e. The van der Waals surface area contributed by atoms with E-state index in [-0.39, 0.29) is 0 Å². The van der Waals surface area contributed by atoms with Crippen LogP contribution in [0, 0.1) is 12.8 Å². The number of aliphatic hydroxyl groups excluding tert-OH is 1. The molecule has 1 aromatic heterocycles. The Morgan fingerprint density at radius 2 is 2.00 bits per heavy atom. The molecule has 0 bridgehead atoms. The third-order valence-corrected chi connectivity index (χ3v) is 6.27. The summed E-state index contributed by atoms with van der Waals surface area (Å²) in [5, 5.41) is 9.37. The fourth-order valence-corrected chi connectivity index (χ4v) is 4.64. The van der Waals surface area contributed by atoms with Crippen molar-refractivity contribution in [1.82, 2.24) is 19.4 Å². The van der Waals surface area contributed by atoms with Gasteiger partial charge in [-0.05, 0) is 75.9 Å². The Kier molecular flexibility index (Phi) is 5.91. The highest BCUT2D eigenvalue weighted by Gasteiger charge is 2.29. The fraction of sp³-hybridized carbons (Fsp3) is 0.591. The number of piperidine rings is 2. The van der Waals surface area contributed by atoms with Crippen molar-refractivity contribution in [3.63, 3.8) is 0 Å². The molecule has 5 heteroatoms. The van der Waals surface area contributed by atoms with Gasteiger partial charge in [0.05, 0.1) is 6.54 Å². The van der Waals surface area contributed by atoms with Crippen LogP contribution in [0.4, 0.5) is 0 Å². The lowest BCUT2D eigenvalue weighted by Crippen LogP contribution is -2.50. The molecule has 0 radical (unpaired) electrons. The second-order valence-electron chi connectivity index (χ2n) is 8.25. The zero-order valence-corrected chi connectivity index (χ0v) is 16.4. The van der Waals surface area contributed by atoms with E-state index in [2.05, 4.69) is 56.7 Å². The lowest BCUT2D eigenvalue weighted by atomic mass is 9.94. The molecule has 2 aliphatic heterocycles. The summed E-state index contributed by atoms with van der Waals surface area (Å²) in [6.07, 6.45) is 8.84. The lowest BCUT2D eigenvalue weighted by molar-refractivity contribution is 0.0535. The molecule has 146 valence electrons. The number of aromatic nitrogens is 2. The van der Waals surface area contributed by atoms with Gasteiger partial charge in [0.1, 0.15) is 5.82 Å². The third kappa shape index (κ3) is 4.42. The maximum absolute atomic E-state index is 9.37. The molecule has 0 aliphatic carbocycles. The van der Waals surface area contributed by atoms with E-state index in [1.807, 2.05) is 6.20 Å². The molecule has 0 amide bonds. The van der Waals surface area contributed by atoms with E-state index in [0.29, 0.717) is 18.6 Å². The van der Waals surface area contributed by atoms with E-state index in [1.165, 1.54) is 24.1 Å². The zero-order chi connectivity index (χ0) is 18.6. The first kappa shape index (κ1) is 18.7. The molecule has 4 rings (SSSR count). The number of aliphatic hydroxyl groups is 1. The topological polar surface area (TPSA) is 44.5 Å². The summed E-state index contributed by atoms with van der Waals surface area (Å²) >= 11 is 0. The molecule has 0 spiro atoms. The van der Waals surface area contributed by atoms with Crippen LogP contribution < -0.4 is 0 Å². The molecule has 2 aliphatic rings. The summed E-state index contributed by atoms with van der Waals surface area (Å²) in [5.41, 5.74) is 2.47. The molecule has 2 fully saturated rings. The Morgan fingerprint density at radius 3 is 2.78 bits per heavy atom. The predicted molar refractivity (Wildman–Crippen MR) is 108 cm³/mol. The van der Waals surface area contributed by atoms with Crippen LogP contribution in [0.5, 0.6) is 0 Å². The van der Waals surface area contributed by atoms with Crippen molar-refractivity contribution in [2.75, 3.05) is 32.8 Å². The molecule has 2 aromatic rings. The molecule has 3 heterocycles. The van der Waals surface area contributed by atoms with E-state index in [9.17, 15) is 5.11 Å². The van der Waals surface area contributed by atoms with Gasteiger partial charge < -0.3 is 9.67 Å². The second kappa shape index (κ2) is 8.55. The number of hydrogen-bond acceptors (Lipinski definition) is 4. The standard InChI is InChI=1S/C22H32N4O/c1-18-4-2-5-20(14-18)26-13-9-23-22(26)16-24-10-3-6-21(15-24)25-11-7-19(17-27)8-12-25/h2,4-5,9,13-14,19,21,27H,3,6-8,10-12,15-17H2,1H3/t21-/m0/s1. The van der Waals surface area contributed by atoms with Gasteiger partial charge >= 0.3 is 0 Å². The molecule has 1 aromatic carbocycles. The van der Waals surface area contributed by atoms with Gasteiger partial charge in [0.2, 0.25) is 0 Å². The molecule has 0 unspecified atom stereocenters. The molecular weight excluding hydrogens is 336 g/mol. The Balaban J connectivity index is 1.40. The Hall–Kier alpha value is -1.69. The van der Waals surface area contributed by atoms with Gasteiger partial charge in [-0.1, -0.05) is 12.1 Å². The average molecular weight is 369 g/mol. The summed E-state index contributed by atoms with van der Waals surface area (Å²) in [4.78, 5) is 9.88. The summed E-state index contributed by atoms with van der Waals surface area (Å²) < 4.78 is 2.23. The predicted octanol–water partition coefficient (Wildman–Crippen LogP) is 2.85. The van der Waals surface area contributed by atoms with E-state index >= 15 is 0 Å². The summed E-state index contributed by atoms with van der Waals surface area (Å²) in [6, 6.07) is 9.27. The summed E-state index contributed by atoms with van der Waals surface area (Å²) in [6.45, 7) is 7.96. The first-order chi connectivity index (χ1) is 13.2. The van der Waals surface area contributed by atoms with Crippen molar-refractivity contribution in [2.24, 2.45) is 5.92 Å². The average Bonchev–Trinajstić information content (AvgIpc) is 3.16. The van der Waals surface area contributed by atoms with Gasteiger partial charge in [-0.3, -0.25) is 9.80 Å². The first-order valence-corrected chi connectivity index (χ1v) is 10.4. The maximum Gasteiger partial charge on any atom is 0.127 e. The van der Waals surface area contributed by atoms with Crippen molar-refractivity contribution < 1.29 is 5.11 Å². The van der Waals surface area contributed by atoms with Crippen molar-refractivity contribution in [3.8, 4) is 5.69 Å². The molecule has 1 atom stereocenters. The van der Waals surface area contributed by atoms with Gasteiger partial charge in [-0.15, -0.1) is 0 Å². The van der Waals surface area contributed by atoms with Crippen molar-refractivity contribution in [1.29, 1.82) is 0 Å². The minimum atomic E-state index is 0.353. The van der Waals surface area contributed by atoms with Crippen molar-refractivity contribution in [2.45, 2.75) is 45.2 Å². The maximum atomic E-state index is 9.37. The number of hydrogen-bond donors (Lipinski definition) is 1. The quantitative estimate of drug-likeness (QED) is 0.881. The van der Waals surface area contributed by atoms with Gasteiger partial charge in [0, 0.05) is 37.3 Å². The van der Waals surface area contributed by atoms with Crippen LogP contribution in [0.2, 0.25) is 0 Å². The monoisotopic (exact) mass is 368 g/mol. The number of rotatable bonds is 5. The van der Waals surface area contributed by atoms with Crippen LogP contribution in [0.15, 0.2) is 36.7 Å². The molecule has 2 saturated heterocycles. The molecule has 0 saturated carbocycles. The molecule has 1 N–H and O–H groups in total. The Labute approximate surface area is 162 Å². The van der Waals surface area contributed by atoms with E-state index in [1.54, 1.807) is 0 Å². The summed E-state index contributed by atoms with van der Waals surface area (Å²) in [5.74, 6) is 1.64. The van der Waals surface area contributed by atoms with Gasteiger partial charge in [-0.25, -0.2) is 4.98 Å². The SMILES string of the molecule is Cc1cccc(-n2ccnc2CN2CCC[C@H](N3CCC(CO)CC3)C2)c1. The minimum absolute atomic E-state index is 0.353. The highest BCUT2D eigenvalue weighted by molar-refractivity contribution is 5.36. The second-order valence-corrected chi connectivity index (χ2v) is 8.25. The number of imidazole rings is 1. The number of benzene rings is 1. The number of aryl methyl sites for hydroxylation is 1. The third-order valence-electron chi connectivity index (χ3n) is 6.27. The van der Waals surface area contributed by atoms with E-state index < -0.39 is 0 Å². The van der Waals surface area contributed by atoms with Crippen LogP contribution in [-0.2, 0) is 6.54 Å². The fourth-order valence-electron chi connectivity index (χ4n) is 4.64. The summed E-state index contributed by atoms with van der Waals surface area (Å²) in [7, 11) is 0. The number of nitrogens with zero attached hydrogens (tertiary/aromatic N) is 4. The Bertz CT molecular complexity index is 735. The van der Waals surface area contributed by atoms with Gasteiger partial charge in [0.25, 0.3) is 0 Å². The lowest BCUT2D eigenvalue weighted by Gasteiger charge is -2.42. The van der Waals surface area contributed by atoms with E-state index in [0.717, 1.165) is 51.4 Å². The number of likely N-dealkylation sites (tertiary alicyclic amines) is 2. The Morgan fingerprint density at radius 1 is 1.15 bits per heavy atom. The van der Waals surface area contributed by atoms with Crippen molar-refractivity contribution >= 4 is 0 Å². The van der Waals surface area contributed by atoms with Gasteiger partial charge in [0.15, 0.2) is 0 Å². The van der Waals surface area contributed by atoms with E-state index in [4.69, 9.17) is 0 Å². The first-order valence-electron chi connectivity index (χ1n) is 10.4. The zero-order valence-electron chi connectivity index (χ0n) is 16.4. The molecular formula is C22H32N4O. The van der Waals surface area contributed by atoms with Crippen LogP contribution in [0.3, 0.4) is 0 Å². The normalized spacial score (nSPS) is 23.0. The van der Waals surface area contributed by atoms with Crippen LogP contribution >= 0.6 is 0 Å². The smallest absolute Gasteiger partial charge is 0.127 e. The van der Waals surface area contributed by atoms with Crippen LogP contribution in [-0.4, -0.2) is 63.3 Å². The van der Waals surface area contributed by atoms with Crippen molar-refractivity contribution in [3.05, 3.63) is 48.0 Å². The van der Waals surface area contributed by atoms with Crippen LogP contribution in [0.25, 0.3) is 5.69 Å². The van der Waals surface area contributed by atoms with Crippen LogP contribution in [0.1, 0.15) is 37.1 Å². The highest BCUT2D eigenvalue weighted by atomic mass is 16.3. The van der Waals surface area contributed by atoms with Gasteiger partial charge in [-0.2, -0.15) is 0 Å². The molecule has 27 heavy (non-hydrogen) atoms. The highest BCUT2D eigenvalue weighted by Crippen LogP contribution is 2.24. The molecule has 5 nitrogen and oxygen atoms in total.